The van der Waals surface area contributed by atoms with Crippen LogP contribution in [0.4, 0.5) is 10.1 Å². The van der Waals surface area contributed by atoms with E-state index < -0.39 is 5.82 Å². The highest BCUT2D eigenvalue weighted by atomic mass is 19.1. The third-order valence-corrected chi connectivity index (χ3v) is 5.27. The Balaban J connectivity index is 1.57. The molecular weight excluding hydrogens is 357 g/mol. The number of benzene rings is 2. The van der Waals surface area contributed by atoms with Gasteiger partial charge in [0, 0.05) is 23.3 Å². The molecule has 5 nitrogen and oxygen atoms in total. The molecular formula is C22H26FN3O2. The van der Waals surface area contributed by atoms with Crippen molar-refractivity contribution in [3.05, 3.63) is 65.5 Å². The van der Waals surface area contributed by atoms with Gasteiger partial charge in [0.15, 0.2) is 0 Å². The summed E-state index contributed by atoms with van der Waals surface area (Å²) >= 11 is 0. The second kappa shape index (κ2) is 8.97. The Morgan fingerprint density at radius 3 is 2.39 bits per heavy atom. The molecule has 1 fully saturated rings. The van der Waals surface area contributed by atoms with Crippen LogP contribution in [0.1, 0.15) is 54.4 Å². The number of nitrogens with one attached hydrogen (secondary N) is 2. The number of rotatable bonds is 5. The van der Waals surface area contributed by atoms with Crippen molar-refractivity contribution in [1.82, 2.24) is 5.32 Å². The van der Waals surface area contributed by atoms with E-state index in [1.807, 2.05) is 19.1 Å². The molecule has 1 saturated carbocycles. The SMILES string of the molecule is CC(C(=O)NC1CCC(N)CC1)c1ccc(NC(=O)c2cccc(F)c2)cc1. The van der Waals surface area contributed by atoms with Crippen LogP contribution in [0.5, 0.6) is 0 Å². The second-order valence-corrected chi connectivity index (χ2v) is 7.43. The molecule has 0 saturated heterocycles. The normalized spacial score (nSPS) is 20.2. The number of amides is 2. The molecule has 148 valence electrons. The van der Waals surface area contributed by atoms with Crippen LogP contribution in [0.3, 0.4) is 0 Å². The van der Waals surface area contributed by atoms with E-state index in [1.165, 1.54) is 18.2 Å². The lowest BCUT2D eigenvalue weighted by Gasteiger charge is -2.28. The minimum atomic E-state index is -0.456. The van der Waals surface area contributed by atoms with E-state index in [4.69, 9.17) is 5.73 Å². The third-order valence-electron chi connectivity index (χ3n) is 5.27. The average molecular weight is 383 g/mol. The maximum Gasteiger partial charge on any atom is 0.255 e. The summed E-state index contributed by atoms with van der Waals surface area (Å²) in [6, 6.07) is 13.1. The molecule has 0 bridgehead atoms. The Labute approximate surface area is 164 Å². The second-order valence-electron chi connectivity index (χ2n) is 7.43. The van der Waals surface area contributed by atoms with Crippen molar-refractivity contribution in [1.29, 1.82) is 0 Å². The van der Waals surface area contributed by atoms with Crippen molar-refractivity contribution in [2.24, 2.45) is 5.73 Å². The van der Waals surface area contributed by atoms with Gasteiger partial charge in [0.25, 0.3) is 5.91 Å². The quantitative estimate of drug-likeness (QED) is 0.738. The van der Waals surface area contributed by atoms with E-state index in [-0.39, 0.29) is 35.4 Å². The molecule has 0 aromatic heterocycles. The number of hydrogen-bond donors (Lipinski definition) is 3. The topological polar surface area (TPSA) is 84.2 Å². The lowest BCUT2D eigenvalue weighted by molar-refractivity contribution is -0.123. The molecule has 3 rings (SSSR count). The van der Waals surface area contributed by atoms with Gasteiger partial charge in [-0.2, -0.15) is 0 Å². The Morgan fingerprint density at radius 2 is 1.75 bits per heavy atom. The van der Waals surface area contributed by atoms with Gasteiger partial charge in [-0.1, -0.05) is 18.2 Å². The van der Waals surface area contributed by atoms with Crippen molar-refractivity contribution in [3.8, 4) is 0 Å². The first-order valence-corrected chi connectivity index (χ1v) is 9.65. The van der Waals surface area contributed by atoms with Gasteiger partial charge in [-0.15, -0.1) is 0 Å². The fourth-order valence-electron chi connectivity index (χ4n) is 3.43. The summed E-state index contributed by atoms with van der Waals surface area (Å²) < 4.78 is 13.2. The first kappa shape index (κ1) is 20.0. The Morgan fingerprint density at radius 1 is 1.07 bits per heavy atom. The summed E-state index contributed by atoms with van der Waals surface area (Å²) in [4.78, 5) is 24.7. The van der Waals surface area contributed by atoms with Gasteiger partial charge >= 0.3 is 0 Å². The van der Waals surface area contributed by atoms with Crippen LogP contribution in [0, 0.1) is 5.82 Å². The first-order chi connectivity index (χ1) is 13.4. The standard InChI is InChI=1S/C22H26FN3O2/c1-14(21(27)25-20-11-7-18(24)8-12-20)15-5-9-19(10-6-15)26-22(28)16-3-2-4-17(23)13-16/h2-6,9-10,13-14,18,20H,7-8,11-12,24H2,1H3,(H,25,27)(H,26,28). The smallest absolute Gasteiger partial charge is 0.255 e. The van der Waals surface area contributed by atoms with E-state index in [0.717, 1.165) is 31.2 Å². The van der Waals surface area contributed by atoms with Gasteiger partial charge < -0.3 is 16.4 Å². The lowest BCUT2D eigenvalue weighted by atomic mass is 9.91. The molecule has 0 radical (unpaired) electrons. The van der Waals surface area contributed by atoms with Crippen molar-refractivity contribution < 1.29 is 14.0 Å². The number of anilines is 1. The van der Waals surface area contributed by atoms with E-state index in [1.54, 1.807) is 18.2 Å². The highest BCUT2D eigenvalue weighted by molar-refractivity contribution is 6.04. The monoisotopic (exact) mass is 383 g/mol. The van der Waals surface area contributed by atoms with E-state index in [2.05, 4.69) is 10.6 Å². The van der Waals surface area contributed by atoms with Gasteiger partial charge in [0.1, 0.15) is 5.82 Å². The summed E-state index contributed by atoms with van der Waals surface area (Å²) in [6.45, 7) is 1.87. The van der Waals surface area contributed by atoms with Gasteiger partial charge in [-0.3, -0.25) is 9.59 Å². The summed E-state index contributed by atoms with van der Waals surface area (Å²) in [5.41, 5.74) is 7.62. The molecule has 1 aliphatic rings. The third kappa shape index (κ3) is 5.16. The van der Waals surface area contributed by atoms with Gasteiger partial charge in [-0.25, -0.2) is 4.39 Å². The maximum absolute atomic E-state index is 13.2. The minimum absolute atomic E-state index is 0.00276. The fraction of sp³-hybridized carbons (Fsp3) is 0.364. The van der Waals surface area contributed by atoms with Crippen LogP contribution in [-0.4, -0.2) is 23.9 Å². The van der Waals surface area contributed by atoms with E-state index in [9.17, 15) is 14.0 Å². The molecule has 6 heteroatoms. The minimum Gasteiger partial charge on any atom is -0.353 e. The summed E-state index contributed by atoms with van der Waals surface area (Å²) in [5.74, 6) is -1.13. The van der Waals surface area contributed by atoms with Crippen LogP contribution in [0.2, 0.25) is 0 Å². The molecule has 1 atom stereocenters. The Kier molecular flexibility index (Phi) is 6.41. The molecule has 2 amide bonds. The van der Waals surface area contributed by atoms with Crippen molar-refractivity contribution in [3.63, 3.8) is 0 Å². The Hall–Kier alpha value is -2.73. The number of carbonyl (C=O) groups excluding carboxylic acids is 2. The molecule has 28 heavy (non-hydrogen) atoms. The fourth-order valence-corrected chi connectivity index (χ4v) is 3.43. The van der Waals surface area contributed by atoms with Gasteiger partial charge in [0.05, 0.1) is 5.92 Å². The summed E-state index contributed by atoms with van der Waals surface area (Å²) in [7, 11) is 0. The number of carbonyl (C=O) groups is 2. The van der Waals surface area contributed by atoms with Crippen LogP contribution in [0.25, 0.3) is 0 Å². The van der Waals surface area contributed by atoms with Gasteiger partial charge in [-0.05, 0) is 68.5 Å². The van der Waals surface area contributed by atoms with Crippen molar-refractivity contribution in [2.45, 2.75) is 50.6 Å². The molecule has 0 spiro atoms. The molecule has 1 aliphatic carbocycles. The number of hydrogen-bond acceptors (Lipinski definition) is 3. The predicted molar refractivity (Wildman–Crippen MR) is 108 cm³/mol. The van der Waals surface area contributed by atoms with E-state index in [0.29, 0.717) is 5.69 Å². The molecule has 2 aromatic rings. The molecule has 0 heterocycles. The van der Waals surface area contributed by atoms with Gasteiger partial charge in [0.2, 0.25) is 5.91 Å². The zero-order chi connectivity index (χ0) is 20.1. The molecule has 1 unspecified atom stereocenters. The van der Waals surface area contributed by atoms with Crippen LogP contribution < -0.4 is 16.4 Å². The van der Waals surface area contributed by atoms with Crippen LogP contribution in [-0.2, 0) is 4.79 Å². The maximum atomic E-state index is 13.2. The van der Waals surface area contributed by atoms with Crippen LogP contribution in [0.15, 0.2) is 48.5 Å². The van der Waals surface area contributed by atoms with Crippen molar-refractivity contribution >= 4 is 17.5 Å². The lowest BCUT2D eigenvalue weighted by Crippen LogP contribution is -2.42. The summed E-state index contributed by atoms with van der Waals surface area (Å²) in [6.07, 6.45) is 3.73. The highest BCUT2D eigenvalue weighted by Crippen LogP contribution is 2.21. The van der Waals surface area contributed by atoms with Crippen LogP contribution >= 0.6 is 0 Å². The average Bonchev–Trinajstić information content (AvgIpc) is 2.69. The Bertz CT molecular complexity index is 830. The summed E-state index contributed by atoms with van der Waals surface area (Å²) in [5, 5.41) is 5.84. The number of halogens is 1. The zero-order valence-corrected chi connectivity index (χ0v) is 16.0. The van der Waals surface area contributed by atoms with E-state index >= 15 is 0 Å². The zero-order valence-electron chi connectivity index (χ0n) is 16.0. The van der Waals surface area contributed by atoms with Crippen molar-refractivity contribution in [2.75, 3.05) is 5.32 Å². The largest absolute Gasteiger partial charge is 0.353 e. The number of nitrogens with two attached hydrogens (primary N) is 1. The molecule has 2 aromatic carbocycles. The molecule has 0 aliphatic heterocycles. The first-order valence-electron chi connectivity index (χ1n) is 9.65. The highest BCUT2D eigenvalue weighted by Gasteiger charge is 2.23. The molecule has 4 N–H and O–H groups in total. The predicted octanol–water partition coefficient (Wildman–Crippen LogP) is 3.57.